The summed E-state index contributed by atoms with van der Waals surface area (Å²) >= 11 is 0. The number of hydrogen-bond donors (Lipinski definition) is 3. The smallest absolute Gasteiger partial charge is 0.419 e. The maximum atomic E-state index is 13.7. The van der Waals surface area contributed by atoms with Crippen LogP contribution in [0.3, 0.4) is 0 Å². The number of amides is 2. The zero-order valence-electron chi connectivity index (χ0n) is 23.9. The largest absolute Gasteiger partial charge is 0.493 e. The van der Waals surface area contributed by atoms with Crippen molar-refractivity contribution in [3.05, 3.63) is 88.7 Å². The van der Waals surface area contributed by atoms with Crippen molar-refractivity contribution in [2.24, 2.45) is 5.41 Å². The predicted molar refractivity (Wildman–Crippen MR) is 153 cm³/mol. The van der Waals surface area contributed by atoms with Gasteiger partial charge in [-0.3, -0.25) is 14.5 Å². The third-order valence-electron chi connectivity index (χ3n) is 7.44. The highest BCUT2D eigenvalue weighted by molar-refractivity contribution is 6.12. The van der Waals surface area contributed by atoms with Gasteiger partial charge in [0.2, 0.25) is 5.91 Å². The number of carbonyl (C=O) groups is 2. The van der Waals surface area contributed by atoms with Crippen LogP contribution in [-0.2, 0) is 24.1 Å². The monoisotopic (exact) mass is 600 g/mol. The number of benzene rings is 3. The number of likely N-dealkylation sites (tertiary alicyclic amines) is 1. The molecular formula is C31H32F4N4O4. The highest BCUT2D eigenvalue weighted by Gasteiger charge is 2.42. The fraction of sp³-hybridized carbons (Fsp3) is 0.323. The minimum atomic E-state index is -4.91. The van der Waals surface area contributed by atoms with E-state index in [1.165, 1.54) is 7.11 Å². The van der Waals surface area contributed by atoms with Gasteiger partial charge in [-0.25, -0.2) is 4.39 Å². The standard InChI is InChI=1S/C31H32F4N4O4/c1-30(29(41)38-22-9-10-24(32)23(15-22)31(33,34)35)18-39(13-12-27(30)36)17-19-4-7-21(8-5-19)28(40)37-16-20-6-11-25(42-2)26(14-20)43-3/h4-11,14-15,36H,12-13,16-18H2,1-3H3,(H,37,40)(H,38,41). The summed E-state index contributed by atoms with van der Waals surface area (Å²) in [5.41, 5.74) is -0.660. The van der Waals surface area contributed by atoms with Gasteiger partial charge in [-0.2, -0.15) is 13.2 Å². The fourth-order valence-corrected chi connectivity index (χ4v) is 4.90. The molecule has 3 aromatic carbocycles. The second-order valence-corrected chi connectivity index (χ2v) is 10.5. The lowest BCUT2D eigenvalue weighted by Gasteiger charge is -2.40. The summed E-state index contributed by atoms with van der Waals surface area (Å²) in [6.45, 7) is 2.94. The van der Waals surface area contributed by atoms with Crippen LogP contribution in [0.5, 0.6) is 11.5 Å². The average Bonchev–Trinajstić information content (AvgIpc) is 2.98. The van der Waals surface area contributed by atoms with Crippen molar-refractivity contribution in [2.75, 3.05) is 32.6 Å². The zero-order chi connectivity index (χ0) is 31.4. The van der Waals surface area contributed by atoms with Crippen molar-refractivity contribution >= 4 is 23.2 Å². The molecule has 1 unspecified atom stereocenters. The second kappa shape index (κ2) is 12.8. The molecule has 43 heavy (non-hydrogen) atoms. The van der Waals surface area contributed by atoms with Crippen molar-refractivity contribution in [2.45, 2.75) is 32.6 Å². The van der Waals surface area contributed by atoms with Gasteiger partial charge in [0.05, 0.1) is 25.2 Å². The van der Waals surface area contributed by atoms with E-state index < -0.39 is 28.9 Å². The molecule has 3 aromatic rings. The molecule has 1 heterocycles. The van der Waals surface area contributed by atoms with Crippen LogP contribution in [0.15, 0.2) is 60.7 Å². The van der Waals surface area contributed by atoms with Crippen molar-refractivity contribution in [1.29, 1.82) is 5.41 Å². The molecule has 0 bridgehead atoms. The van der Waals surface area contributed by atoms with Gasteiger partial charge >= 0.3 is 6.18 Å². The Balaban J connectivity index is 1.37. The number of nitrogens with one attached hydrogen (secondary N) is 3. The normalized spacial score (nSPS) is 17.3. The molecule has 3 N–H and O–H groups in total. The number of rotatable bonds is 9. The van der Waals surface area contributed by atoms with Gasteiger partial charge in [-0.1, -0.05) is 18.2 Å². The van der Waals surface area contributed by atoms with Gasteiger partial charge < -0.3 is 25.5 Å². The van der Waals surface area contributed by atoms with E-state index in [-0.39, 0.29) is 36.8 Å². The first-order chi connectivity index (χ1) is 20.3. The molecule has 0 saturated carbocycles. The highest BCUT2D eigenvalue weighted by Crippen LogP contribution is 2.34. The van der Waals surface area contributed by atoms with Crippen LogP contribution in [0.2, 0.25) is 0 Å². The first kappa shape index (κ1) is 31.5. The Labute approximate surface area is 246 Å². The van der Waals surface area contributed by atoms with Gasteiger partial charge in [0.15, 0.2) is 11.5 Å². The first-order valence-electron chi connectivity index (χ1n) is 13.4. The molecule has 1 aliphatic rings. The summed E-state index contributed by atoms with van der Waals surface area (Å²) in [4.78, 5) is 27.9. The molecule has 1 fully saturated rings. The summed E-state index contributed by atoms with van der Waals surface area (Å²) in [5.74, 6) is -1.19. The Hall–Kier alpha value is -4.45. The minimum Gasteiger partial charge on any atom is -0.493 e. The maximum Gasteiger partial charge on any atom is 0.419 e. The van der Waals surface area contributed by atoms with Crippen LogP contribution < -0.4 is 20.1 Å². The molecule has 8 nitrogen and oxygen atoms in total. The quantitative estimate of drug-likeness (QED) is 0.275. The number of ether oxygens (including phenoxy) is 2. The van der Waals surface area contributed by atoms with Gasteiger partial charge in [0.1, 0.15) is 5.82 Å². The van der Waals surface area contributed by atoms with Crippen molar-refractivity contribution in [3.8, 4) is 11.5 Å². The molecule has 2 amide bonds. The Morgan fingerprint density at radius 3 is 2.30 bits per heavy atom. The number of carbonyl (C=O) groups excluding carboxylic acids is 2. The number of alkyl halides is 3. The molecule has 1 saturated heterocycles. The third-order valence-corrected chi connectivity index (χ3v) is 7.44. The summed E-state index contributed by atoms with van der Waals surface area (Å²) in [5, 5.41) is 13.7. The van der Waals surface area contributed by atoms with Gasteiger partial charge in [0.25, 0.3) is 5.91 Å². The molecule has 0 aliphatic carbocycles. The van der Waals surface area contributed by atoms with Gasteiger partial charge in [-0.05, 0) is 66.9 Å². The number of hydrogen-bond acceptors (Lipinski definition) is 6. The van der Waals surface area contributed by atoms with E-state index in [0.29, 0.717) is 42.3 Å². The predicted octanol–water partition coefficient (Wildman–Crippen LogP) is 5.66. The topological polar surface area (TPSA) is 104 Å². The van der Waals surface area contributed by atoms with E-state index in [9.17, 15) is 27.2 Å². The van der Waals surface area contributed by atoms with E-state index in [1.54, 1.807) is 50.4 Å². The molecule has 0 spiro atoms. The van der Waals surface area contributed by atoms with E-state index in [2.05, 4.69) is 10.6 Å². The molecule has 1 atom stereocenters. The van der Waals surface area contributed by atoms with Crippen molar-refractivity contribution in [1.82, 2.24) is 10.2 Å². The van der Waals surface area contributed by atoms with Crippen molar-refractivity contribution in [3.63, 3.8) is 0 Å². The minimum absolute atomic E-state index is 0.151. The van der Waals surface area contributed by atoms with Crippen LogP contribution in [0.4, 0.5) is 23.2 Å². The Morgan fingerprint density at radius 1 is 0.977 bits per heavy atom. The highest BCUT2D eigenvalue weighted by atomic mass is 19.4. The molecule has 0 aromatic heterocycles. The molecule has 0 radical (unpaired) electrons. The Morgan fingerprint density at radius 2 is 1.65 bits per heavy atom. The van der Waals surface area contributed by atoms with Crippen LogP contribution in [0.1, 0.15) is 40.4 Å². The number of piperidine rings is 1. The average molecular weight is 601 g/mol. The number of nitrogens with zero attached hydrogens (tertiary/aromatic N) is 1. The first-order valence-corrected chi connectivity index (χ1v) is 13.4. The lowest BCUT2D eigenvalue weighted by atomic mass is 9.78. The lowest BCUT2D eigenvalue weighted by Crippen LogP contribution is -2.53. The maximum absolute atomic E-state index is 13.7. The Kier molecular flexibility index (Phi) is 9.39. The van der Waals surface area contributed by atoms with E-state index in [4.69, 9.17) is 14.9 Å². The van der Waals surface area contributed by atoms with E-state index >= 15 is 0 Å². The molecule has 4 rings (SSSR count). The van der Waals surface area contributed by atoms with Crippen LogP contribution in [-0.4, -0.2) is 49.7 Å². The summed E-state index contributed by atoms with van der Waals surface area (Å²) in [7, 11) is 3.08. The van der Waals surface area contributed by atoms with E-state index in [1.807, 2.05) is 11.0 Å². The second-order valence-electron chi connectivity index (χ2n) is 10.5. The van der Waals surface area contributed by atoms with Gasteiger partial charge in [-0.15, -0.1) is 0 Å². The summed E-state index contributed by atoms with van der Waals surface area (Å²) < 4.78 is 63.6. The van der Waals surface area contributed by atoms with E-state index in [0.717, 1.165) is 17.2 Å². The van der Waals surface area contributed by atoms with Gasteiger partial charge in [0, 0.05) is 43.1 Å². The van der Waals surface area contributed by atoms with Crippen LogP contribution >= 0.6 is 0 Å². The van der Waals surface area contributed by atoms with Crippen molar-refractivity contribution < 1.29 is 36.6 Å². The third kappa shape index (κ3) is 7.31. The number of anilines is 1. The summed E-state index contributed by atoms with van der Waals surface area (Å²) in [6.07, 6.45) is -4.62. The van der Waals surface area contributed by atoms with Crippen LogP contribution in [0, 0.1) is 16.6 Å². The SMILES string of the molecule is COc1ccc(CNC(=O)c2ccc(CN3CCC(=N)C(C)(C(=O)Nc4ccc(F)c(C(F)(F)F)c4)C3)cc2)cc1OC. The number of halogens is 4. The van der Waals surface area contributed by atoms with Crippen LogP contribution in [0.25, 0.3) is 0 Å². The molecule has 1 aliphatic heterocycles. The molecular weight excluding hydrogens is 568 g/mol. The zero-order valence-corrected chi connectivity index (χ0v) is 23.9. The molecule has 12 heteroatoms. The fourth-order valence-electron chi connectivity index (χ4n) is 4.90. The Bertz CT molecular complexity index is 1510. The summed E-state index contributed by atoms with van der Waals surface area (Å²) in [6, 6.07) is 14.6. The molecule has 228 valence electrons. The number of methoxy groups -OCH3 is 2. The lowest BCUT2D eigenvalue weighted by molar-refractivity contribution is -0.140.